The van der Waals surface area contributed by atoms with Crippen molar-refractivity contribution in [3.63, 3.8) is 0 Å². The average Bonchev–Trinajstić information content (AvgIpc) is 2.58. The third kappa shape index (κ3) is 1.42. The van der Waals surface area contributed by atoms with Gasteiger partial charge < -0.3 is 15.2 Å². The van der Waals surface area contributed by atoms with E-state index in [9.17, 15) is 9.59 Å². The van der Waals surface area contributed by atoms with Gasteiger partial charge in [-0.25, -0.2) is 0 Å². The van der Waals surface area contributed by atoms with Crippen LogP contribution in [0.5, 0.6) is 0 Å². The molecule has 2 fully saturated rings. The molecule has 0 spiro atoms. The SMILES string of the molecule is CC(=O)C1CC(C(C)=O)C2(N)OCOC12. The molecule has 0 amide bonds. The lowest BCUT2D eigenvalue weighted by molar-refractivity contribution is -0.129. The Morgan fingerprint density at radius 2 is 2.00 bits per heavy atom. The van der Waals surface area contributed by atoms with Gasteiger partial charge in [0.15, 0.2) is 5.72 Å². The molecule has 1 saturated heterocycles. The van der Waals surface area contributed by atoms with Gasteiger partial charge in [-0.2, -0.15) is 0 Å². The van der Waals surface area contributed by atoms with Gasteiger partial charge in [-0.15, -0.1) is 0 Å². The maximum absolute atomic E-state index is 11.4. The van der Waals surface area contributed by atoms with Crippen LogP contribution in [-0.2, 0) is 19.1 Å². The van der Waals surface area contributed by atoms with Gasteiger partial charge in [0.1, 0.15) is 24.5 Å². The first-order chi connectivity index (χ1) is 6.97. The van der Waals surface area contributed by atoms with Crippen LogP contribution in [0, 0.1) is 11.8 Å². The molecule has 2 aliphatic rings. The van der Waals surface area contributed by atoms with E-state index in [0.29, 0.717) is 6.42 Å². The van der Waals surface area contributed by atoms with E-state index in [1.165, 1.54) is 13.8 Å². The predicted octanol–water partition coefficient (Wildman–Crippen LogP) is -0.172. The Morgan fingerprint density at radius 1 is 1.33 bits per heavy atom. The van der Waals surface area contributed by atoms with Crippen molar-refractivity contribution >= 4 is 11.6 Å². The van der Waals surface area contributed by atoms with E-state index < -0.39 is 17.7 Å². The Balaban J connectivity index is 2.32. The minimum absolute atomic E-state index is 0.00377. The van der Waals surface area contributed by atoms with Crippen LogP contribution in [0.15, 0.2) is 0 Å². The zero-order chi connectivity index (χ0) is 11.2. The minimum atomic E-state index is -1.10. The standard InChI is InChI=1S/C10H15NO4/c1-5(12)7-3-8(6(2)13)10(11)9(7)14-4-15-10/h7-9H,3-4,11H2,1-2H3. The second-order valence-electron chi connectivity index (χ2n) is 4.32. The number of carbonyl (C=O) groups is 2. The summed E-state index contributed by atoms with van der Waals surface area (Å²) >= 11 is 0. The van der Waals surface area contributed by atoms with Crippen molar-refractivity contribution in [2.24, 2.45) is 17.6 Å². The van der Waals surface area contributed by atoms with Crippen LogP contribution < -0.4 is 5.73 Å². The van der Waals surface area contributed by atoms with Crippen LogP contribution in [0.3, 0.4) is 0 Å². The third-order valence-corrected chi connectivity index (χ3v) is 3.41. The van der Waals surface area contributed by atoms with Crippen LogP contribution in [0.1, 0.15) is 20.3 Å². The molecule has 1 aliphatic heterocycles. The normalized spacial score (nSPS) is 44.1. The number of rotatable bonds is 2. The van der Waals surface area contributed by atoms with Crippen molar-refractivity contribution in [2.45, 2.75) is 32.1 Å². The first-order valence-electron chi connectivity index (χ1n) is 5.02. The van der Waals surface area contributed by atoms with Crippen molar-refractivity contribution in [1.29, 1.82) is 0 Å². The second kappa shape index (κ2) is 3.37. The Hall–Kier alpha value is -0.780. The van der Waals surface area contributed by atoms with Gasteiger partial charge in [-0.3, -0.25) is 9.59 Å². The minimum Gasteiger partial charge on any atom is -0.347 e. The average molecular weight is 213 g/mol. The summed E-state index contributed by atoms with van der Waals surface area (Å²) in [5, 5.41) is 0. The monoisotopic (exact) mass is 213 g/mol. The maximum atomic E-state index is 11.4. The summed E-state index contributed by atoms with van der Waals surface area (Å²) < 4.78 is 10.6. The molecule has 2 rings (SSSR count). The molecule has 1 aliphatic carbocycles. The van der Waals surface area contributed by atoms with Gasteiger partial charge >= 0.3 is 0 Å². The van der Waals surface area contributed by atoms with E-state index in [-0.39, 0.29) is 24.3 Å². The lowest BCUT2D eigenvalue weighted by Gasteiger charge is -2.26. The van der Waals surface area contributed by atoms with Crippen molar-refractivity contribution in [3.05, 3.63) is 0 Å². The van der Waals surface area contributed by atoms with Gasteiger partial charge in [0.25, 0.3) is 0 Å². The van der Waals surface area contributed by atoms with Gasteiger partial charge in [0, 0.05) is 5.92 Å². The van der Waals surface area contributed by atoms with Gasteiger partial charge in [0.2, 0.25) is 0 Å². The van der Waals surface area contributed by atoms with Crippen LogP contribution in [-0.4, -0.2) is 30.2 Å². The summed E-state index contributed by atoms with van der Waals surface area (Å²) in [7, 11) is 0. The fourth-order valence-electron chi connectivity index (χ4n) is 2.58. The third-order valence-electron chi connectivity index (χ3n) is 3.41. The van der Waals surface area contributed by atoms with E-state index in [1.54, 1.807) is 0 Å². The topological polar surface area (TPSA) is 78.6 Å². The van der Waals surface area contributed by atoms with Gasteiger partial charge in [-0.05, 0) is 20.3 Å². The highest BCUT2D eigenvalue weighted by Gasteiger charge is 2.60. The Morgan fingerprint density at radius 3 is 2.53 bits per heavy atom. The first kappa shape index (κ1) is 10.7. The molecule has 84 valence electrons. The number of hydrogen-bond acceptors (Lipinski definition) is 5. The molecule has 0 aromatic carbocycles. The molecule has 15 heavy (non-hydrogen) atoms. The fourth-order valence-corrected chi connectivity index (χ4v) is 2.58. The Kier molecular flexibility index (Phi) is 2.41. The molecule has 2 N–H and O–H groups in total. The maximum Gasteiger partial charge on any atom is 0.156 e. The summed E-state index contributed by atoms with van der Waals surface area (Å²) in [5.41, 5.74) is 4.92. The Bertz CT molecular complexity index is 317. The molecular weight excluding hydrogens is 198 g/mol. The number of nitrogens with two attached hydrogens (primary N) is 1. The zero-order valence-electron chi connectivity index (χ0n) is 8.86. The molecule has 0 radical (unpaired) electrons. The summed E-state index contributed by atoms with van der Waals surface area (Å²) in [4.78, 5) is 22.8. The molecule has 0 bridgehead atoms. The fraction of sp³-hybridized carbons (Fsp3) is 0.800. The molecule has 5 heteroatoms. The second-order valence-corrected chi connectivity index (χ2v) is 4.32. The summed E-state index contributed by atoms with van der Waals surface area (Å²) in [6, 6.07) is 0. The number of hydrogen-bond donors (Lipinski definition) is 1. The van der Waals surface area contributed by atoms with Gasteiger partial charge in [-0.1, -0.05) is 0 Å². The van der Waals surface area contributed by atoms with Crippen molar-refractivity contribution in [1.82, 2.24) is 0 Å². The zero-order valence-corrected chi connectivity index (χ0v) is 8.86. The van der Waals surface area contributed by atoms with Crippen LogP contribution in [0.2, 0.25) is 0 Å². The number of ketones is 2. The number of ether oxygens (including phenoxy) is 2. The van der Waals surface area contributed by atoms with Crippen molar-refractivity contribution < 1.29 is 19.1 Å². The lowest BCUT2D eigenvalue weighted by atomic mass is 9.95. The molecule has 5 nitrogen and oxygen atoms in total. The van der Waals surface area contributed by atoms with Gasteiger partial charge in [0.05, 0.1) is 5.92 Å². The number of carbonyl (C=O) groups excluding carboxylic acids is 2. The van der Waals surface area contributed by atoms with Crippen LogP contribution in [0.25, 0.3) is 0 Å². The van der Waals surface area contributed by atoms with Crippen molar-refractivity contribution in [2.75, 3.05) is 6.79 Å². The highest BCUT2D eigenvalue weighted by molar-refractivity contribution is 5.85. The number of fused-ring (bicyclic) bond motifs is 1. The van der Waals surface area contributed by atoms with Crippen molar-refractivity contribution in [3.8, 4) is 0 Å². The van der Waals surface area contributed by atoms with E-state index >= 15 is 0 Å². The number of Topliss-reactive ketones (excluding diaryl/α,β-unsaturated/α-hetero) is 2. The molecular formula is C10H15NO4. The largest absolute Gasteiger partial charge is 0.347 e. The van der Waals surface area contributed by atoms with E-state index in [0.717, 1.165) is 0 Å². The molecule has 4 unspecified atom stereocenters. The quantitative estimate of drug-likeness (QED) is 0.689. The van der Waals surface area contributed by atoms with Crippen LogP contribution in [0.4, 0.5) is 0 Å². The highest BCUT2D eigenvalue weighted by atomic mass is 16.7. The molecule has 1 saturated carbocycles. The molecule has 0 aromatic heterocycles. The molecule has 0 aromatic rings. The lowest BCUT2D eigenvalue weighted by Crippen LogP contribution is -2.53. The summed E-state index contributed by atoms with van der Waals surface area (Å²) in [6.45, 7) is 3.03. The van der Waals surface area contributed by atoms with E-state index in [1.807, 2.05) is 0 Å². The Labute approximate surface area is 87.9 Å². The molecule has 4 atom stereocenters. The molecule has 1 heterocycles. The van der Waals surface area contributed by atoms with Crippen LogP contribution >= 0.6 is 0 Å². The predicted molar refractivity (Wildman–Crippen MR) is 50.7 cm³/mol. The van der Waals surface area contributed by atoms with E-state index in [2.05, 4.69) is 0 Å². The summed E-state index contributed by atoms with van der Waals surface area (Å²) in [6.07, 6.45) is -0.0323. The first-order valence-corrected chi connectivity index (χ1v) is 5.02. The summed E-state index contributed by atoms with van der Waals surface area (Å²) in [5.74, 6) is -0.786. The highest BCUT2D eigenvalue weighted by Crippen LogP contribution is 2.45. The smallest absolute Gasteiger partial charge is 0.156 e. The van der Waals surface area contributed by atoms with E-state index in [4.69, 9.17) is 15.2 Å².